The van der Waals surface area contributed by atoms with Crippen LogP contribution in [0.3, 0.4) is 0 Å². The lowest BCUT2D eigenvalue weighted by Crippen LogP contribution is -2.50. The third kappa shape index (κ3) is 2.58. The van der Waals surface area contributed by atoms with Gasteiger partial charge in [-0.2, -0.15) is 5.26 Å². The minimum atomic E-state index is -0.158. The Kier molecular flexibility index (Phi) is 4.80. The SMILES string of the molecule is CCN(CC)C1(C#N)CCC(C(C)C)CC1. The van der Waals surface area contributed by atoms with Crippen molar-refractivity contribution in [2.45, 2.75) is 58.9 Å². The van der Waals surface area contributed by atoms with Crippen LogP contribution in [0.2, 0.25) is 0 Å². The van der Waals surface area contributed by atoms with Crippen molar-refractivity contribution in [1.82, 2.24) is 4.90 Å². The van der Waals surface area contributed by atoms with Gasteiger partial charge in [-0.15, -0.1) is 0 Å². The maximum Gasteiger partial charge on any atom is 0.109 e. The van der Waals surface area contributed by atoms with Gasteiger partial charge in [-0.25, -0.2) is 0 Å². The van der Waals surface area contributed by atoms with Crippen molar-refractivity contribution in [1.29, 1.82) is 5.26 Å². The lowest BCUT2D eigenvalue weighted by Gasteiger charge is -2.43. The molecule has 0 radical (unpaired) electrons. The van der Waals surface area contributed by atoms with E-state index in [1.807, 2.05) is 0 Å². The summed E-state index contributed by atoms with van der Waals surface area (Å²) in [6.45, 7) is 10.9. The zero-order valence-corrected chi connectivity index (χ0v) is 11.3. The monoisotopic (exact) mass is 222 g/mol. The van der Waals surface area contributed by atoms with Gasteiger partial charge in [0.05, 0.1) is 6.07 Å². The smallest absolute Gasteiger partial charge is 0.109 e. The molecule has 16 heavy (non-hydrogen) atoms. The molecule has 0 bridgehead atoms. The van der Waals surface area contributed by atoms with Crippen molar-refractivity contribution in [3.05, 3.63) is 0 Å². The van der Waals surface area contributed by atoms with Crippen LogP contribution in [0, 0.1) is 23.2 Å². The predicted octanol–water partition coefficient (Wildman–Crippen LogP) is 3.44. The fourth-order valence-electron chi connectivity index (χ4n) is 3.11. The van der Waals surface area contributed by atoms with E-state index in [0.717, 1.165) is 37.8 Å². The molecule has 92 valence electrons. The number of hydrogen-bond acceptors (Lipinski definition) is 2. The van der Waals surface area contributed by atoms with E-state index in [4.69, 9.17) is 0 Å². The van der Waals surface area contributed by atoms with Gasteiger partial charge in [0.2, 0.25) is 0 Å². The summed E-state index contributed by atoms with van der Waals surface area (Å²) in [5, 5.41) is 9.51. The minimum absolute atomic E-state index is 0.158. The highest BCUT2D eigenvalue weighted by Gasteiger charge is 2.39. The Morgan fingerprint density at radius 1 is 1.25 bits per heavy atom. The van der Waals surface area contributed by atoms with Gasteiger partial charge < -0.3 is 0 Å². The highest BCUT2D eigenvalue weighted by molar-refractivity contribution is 5.10. The van der Waals surface area contributed by atoms with Gasteiger partial charge in [0, 0.05) is 0 Å². The molecule has 1 rings (SSSR count). The second kappa shape index (κ2) is 5.68. The summed E-state index contributed by atoms with van der Waals surface area (Å²) < 4.78 is 0. The summed E-state index contributed by atoms with van der Waals surface area (Å²) >= 11 is 0. The highest BCUT2D eigenvalue weighted by Crippen LogP contribution is 2.38. The largest absolute Gasteiger partial charge is 0.286 e. The van der Waals surface area contributed by atoms with Crippen molar-refractivity contribution >= 4 is 0 Å². The fourth-order valence-corrected chi connectivity index (χ4v) is 3.11. The molecule has 2 nitrogen and oxygen atoms in total. The zero-order valence-electron chi connectivity index (χ0n) is 11.3. The fraction of sp³-hybridized carbons (Fsp3) is 0.929. The first-order valence-electron chi connectivity index (χ1n) is 6.76. The van der Waals surface area contributed by atoms with Gasteiger partial charge in [0.1, 0.15) is 5.54 Å². The van der Waals surface area contributed by atoms with Crippen LogP contribution in [-0.2, 0) is 0 Å². The molecule has 1 saturated carbocycles. The van der Waals surface area contributed by atoms with Crippen LogP contribution in [0.4, 0.5) is 0 Å². The standard InChI is InChI=1S/C14H26N2/c1-5-16(6-2)14(11-15)9-7-13(8-10-14)12(3)4/h12-13H,5-10H2,1-4H3. The average Bonchev–Trinajstić information content (AvgIpc) is 2.31. The summed E-state index contributed by atoms with van der Waals surface area (Å²) in [5.41, 5.74) is -0.158. The molecule has 0 aromatic carbocycles. The molecule has 0 amide bonds. The van der Waals surface area contributed by atoms with Gasteiger partial charge in [0.15, 0.2) is 0 Å². The lowest BCUT2D eigenvalue weighted by molar-refractivity contribution is 0.0804. The third-order valence-electron chi connectivity index (χ3n) is 4.38. The molecule has 1 fully saturated rings. The highest BCUT2D eigenvalue weighted by atomic mass is 15.2. The summed E-state index contributed by atoms with van der Waals surface area (Å²) in [6, 6.07) is 2.60. The summed E-state index contributed by atoms with van der Waals surface area (Å²) in [7, 11) is 0. The topological polar surface area (TPSA) is 27.0 Å². The first kappa shape index (κ1) is 13.5. The van der Waals surface area contributed by atoms with Crippen LogP contribution in [-0.4, -0.2) is 23.5 Å². The third-order valence-corrected chi connectivity index (χ3v) is 4.38. The lowest BCUT2D eigenvalue weighted by atomic mass is 9.72. The Labute approximate surface area is 101 Å². The van der Waals surface area contributed by atoms with Gasteiger partial charge in [-0.1, -0.05) is 27.7 Å². The van der Waals surface area contributed by atoms with Crippen molar-refractivity contribution in [3.63, 3.8) is 0 Å². The molecule has 0 heterocycles. The van der Waals surface area contributed by atoms with E-state index in [0.29, 0.717) is 0 Å². The molecule has 0 N–H and O–H groups in total. The Bertz CT molecular complexity index is 240. The first-order valence-corrected chi connectivity index (χ1v) is 6.76. The molecule has 0 aliphatic heterocycles. The van der Waals surface area contributed by atoms with Gasteiger partial charge in [-0.3, -0.25) is 4.90 Å². The van der Waals surface area contributed by atoms with Gasteiger partial charge >= 0.3 is 0 Å². The van der Waals surface area contributed by atoms with Crippen LogP contribution in [0.15, 0.2) is 0 Å². The molecule has 0 atom stereocenters. The molecule has 0 spiro atoms. The van der Waals surface area contributed by atoms with E-state index >= 15 is 0 Å². The van der Waals surface area contributed by atoms with E-state index in [1.54, 1.807) is 0 Å². The summed E-state index contributed by atoms with van der Waals surface area (Å²) in [5.74, 6) is 1.60. The Morgan fingerprint density at radius 2 is 1.75 bits per heavy atom. The van der Waals surface area contributed by atoms with Crippen LogP contribution in [0.25, 0.3) is 0 Å². The number of hydrogen-bond donors (Lipinski definition) is 0. The normalized spacial score (nSPS) is 30.7. The summed E-state index contributed by atoms with van der Waals surface area (Å²) in [6.07, 6.45) is 4.57. The first-order chi connectivity index (χ1) is 7.59. The molecule has 2 heteroatoms. The quantitative estimate of drug-likeness (QED) is 0.728. The van der Waals surface area contributed by atoms with Crippen LogP contribution >= 0.6 is 0 Å². The number of nitrogens with zero attached hydrogens (tertiary/aromatic N) is 2. The van der Waals surface area contributed by atoms with Crippen LogP contribution in [0.1, 0.15) is 53.4 Å². The van der Waals surface area contributed by atoms with Crippen LogP contribution < -0.4 is 0 Å². The number of nitriles is 1. The van der Waals surface area contributed by atoms with Gasteiger partial charge in [-0.05, 0) is 50.6 Å². The second-order valence-corrected chi connectivity index (χ2v) is 5.40. The maximum absolute atomic E-state index is 9.51. The molecule has 1 aliphatic rings. The number of rotatable bonds is 4. The Morgan fingerprint density at radius 3 is 2.06 bits per heavy atom. The minimum Gasteiger partial charge on any atom is -0.286 e. The maximum atomic E-state index is 9.51. The van der Waals surface area contributed by atoms with Crippen LogP contribution in [0.5, 0.6) is 0 Å². The van der Waals surface area contributed by atoms with Crippen molar-refractivity contribution < 1.29 is 0 Å². The molecule has 0 aromatic heterocycles. The van der Waals surface area contributed by atoms with Crippen molar-refractivity contribution in [2.24, 2.45) is 11.8 Å². The molecular formula is C14H26N2. The Hall–Kier alpha value is -0.550. The molecule has 1 aliphatic carbocycles. The zero-order chi connectivity index (χ0) is 12.2. The van der Waals surface area contributed by atoms with Crippen molar-refractivity contribution in [2.75, 3.05) is 13.1 Å². The molecule has 0 saturated heterocycles. The average molecular weight is 222 g/mol. The Balaban J connectivity index is 2.69. The molecule has 0 aromatic rings. The van der Waals surface area contributed by atoms with Gasteiger partial charge in [0.25, 0.3) is 0 Å². The molecular weight excluding hydrogens is 196 g/mol. The van der Waals surface area contributed by atoms with E-state index in [1.165, 1.54) is 12.8 Å². The van der Waals surface area contributed by atoms with E-state index < -0.39 is 0 Å². The summed E-state index contributed by atoms with van der Waals surface area (Å²) in [4.78, 5) is 2.35. The predicted molar refractivity (Wildman–Crippen MR) is 68.1 cm³/mol. The van der Waals surface area contributed by atoms with E-state index in [9.17, 15) is 5.26 Å². The van der Waals surface area contributed by atoms with E-state index in [-0.39, 0.29) is 5.54 Å². The van der Waals surface area contributed by atoms with E-state index in [2.05, 4.69) is 38.7 Å². The van der Waals surface area contributed by atoms with Crippen molar-refractivity contribution in [3.8, 4) is 6.07 Å². The second-order valence-electron chi connectivity index (χ2n) is 5.40. The molecule has 0 unspecified atom stereocenters.